The minimum atomic E-state index is -0.618. The Labute approximate surface area is 52.5 Å². The maximum atomic E-state index is 8.76. The Kier molecular flexibility index (Phi) is 1.56. The van der Waals surface area contributed by atoms with Gasteiger partial charge in [0.15, 0.2) is 0 Å². The molecule has 8 heavy (non-hydrogen) atoms. The van der Waals surface area contributed by atoms with Gasteiger partial charge in [0, 0.05) is 0 Å². The van der Waals surface area contributed by atoms with Crippen LogP contribution in [0.4, 0.5) is 0 Å². The lowest BCUT2D eigenvalue weighted by Crippen LogP contribution is -2.25. The monoisotopic (exact) mass is 131 g/mol. The first-order chi connectivity index (χ1) is 3.79. The van der Waals surface area contributed by atoms with Crippen molar-refractivity contribution >= 4 is 11.6 Å². The van der Waals surface area contributed by atoms with E-state index in [1.54, 1.807) is 18.2 Å². The van der Waals surface area contributed by atoms with Crippen LogP contribution >= 0.6 is 11.6 Å². The molecular weight excluding hydrogens is 126 g/mol. The summed E-state index contributed by atoms with van der Waals surface area (Å²) in [6.07, 6.45) is 4.36. The summed E-state index contributed by atoms with van der Waals surface area (Å²) in [7, 11) is 0. The summed E-state index contributed by atoms with van der Waals surface area (Å²) in [5, 5.41) is 11.8. The van der Waals surface area contributed by atoms with Crippen LogP contribution in [0.3, 0.4) is 0 Å². The molecule has 0 saturated carbocycles. The van der Waals surface area contributed by atoms with Crippen LogP contribution in [-0.4, -0.2) is 11.3 Å². The molecule has 0 aromatic heterocycles. The lowest BCUT2D eigenvalue weighted by molar-refractivity contribution is 0.199. The topological polar surface area (TPSA) is 32.3 Å². The molecule has 1 heterocycles. The highest BCUT2D eigenvalue weighted by molar-refractivity contribution is 6.29. The molecule has 0 aromatic rings. The van der Waals surface area contributed by atoms with Crippen LogP contribution < -0.4 is 5.32 Å². The average Bonchev–Trinajstić information content (AvgIpc) is 1.64. The molecule has 2 nitrogen and oxygen atoms in total. The van der Waals surface area contributed by atoms with Gasteiger partial charge in [-0.3, -0.25) is 0 Å². The lowest BCUT2D eigenvalue weighted by atomic mass is 10.4. The second-order valence-corrected chi connectivity index (χ2v) is 1.90. The van der Waals surface area contributed by atoms with Gasteiger partial charge in [0.1, 0.15) is 11.4 Å². The van der Waals surface area contributed by atoms with Gasteiger partial charge in [-0.15, -0.1) is 0 Å². The predicted octanol–water partition coefficient (Wildman–Crippen LogP) is 0.544. The van der Waals surface area contributed by atoms with Gasteiger partial charge >= 0.3 is 0 Å². The molecular formula is C5H6ClNO. The van der Waals surface area contributed by atoms with Crippen molar-refractivity contribution in [1.29, 1.82) is 0 Å². The van der Waals surface area contributed by atoms with Crippen LogP contribution in [-0.2, 0) is 0 Å². The molecule has 0 aromatic carbocycles. The predicted molar refractivity (Wildman–Crippen MR) is 32.2 cm³/mol. The number of rotatable bonds is 0. The van der Waals surface area contributed by atoms with Gasteiger partial charge in [-0.25, -0.2) is 0 Å². The molecule has 3 heteroatoms. The molecule has 0 spiro atoms. The minimum absolute atomic E-state index is 0.472. The molecule has 2 N–H and O–H groups in total. The minimum Gasteiger partial charge on any atom is -0.370 e. The Bertz CT molecular complexity index is 141. The van der Waals surface area contributed by atoms with Crippen molar-refractivity contribution in [3.05, 3.63) is 23.4 Å². The Morgan fingerprint density at radius 3 is 2.88 bits per heavy atom. The van der Waals surface area contributed by atoms with Gasteiger partial charge in [0.05, 0.1) is 0 Å². The van der Waals surface area contributed by atoms with Gasteiger partial charge in [0.2, 0.25) is 0 Å². The molecule has 0 aliphatic carbocycles. The SMILES string of the molecule is OC1C=CC=C(Cl)N1. The summed E-state index contributed by atoms with van der Waals surface area (Å²) >= 11 is 5.45. The highest BCUT2D eigenvalue weighted by Gasteiger charge is 2.00. The van der Waals surface area contributed by atoms with Crippen molar-refractivity contribution in [3.63, 3.8) is 0 Å². The molecule has 0 saturated heterocycles. The Morgan fingerprint density at radius 1 is 1.75 bits per heavy atom. The summed E-state index contributed by atoms with van der Waals surface area (Å²) < 4.78 is 0. The van der Waals surface area contributed by atoms with Crippen molar-refractivity contribution in [2.75, 3.05) is 0 Å². The zero-order valence-electron chi connectivity index (χ0n) is 4.13. The molecule has 44 valence electrons. The number of halogens is 1. The maximum absolute atomic E-state index is 8.76. The molecule has 0 bridgehead atoms. The normalized spacial score (nSPS) is 26.8. The summed E-state index contributed by atoms with van der Waals surface area (Å²) in [4.78, 5) is 0. The average molecular weight is 132 g/mol. The standard InChI is InChI=1S/C5H6ClNO/c6-4-2-1-3-5(8)7-4/h1-3,5,7-8H. The zero-order chi connectivity index (χ0) is 5.98. The van der Waals surface area contributed by atoms with E-state index >= 15 is 0 Å². The molecule has 1 aliphatic rings. The first kappa shape index (κ1) is 5.66. The quantitative estimate of drug-likeness (QED) is 0.471. The molecule has 1 atom stereocenters. The van der Waals surface area contributed by atoms with E-state index in [1.165, 1.54) is 0 Å². The fourth-order valence-electron chi connectivity index (χ4n) is 0.483. The second kappa shape index (κ2) is 2.20. The van der Waals surface area contributed by atoms with E-state index in [0.29, 0.717) is 5.16 Å². The van der Waals surface area contributed by atoms with Crippen LogP contribution in [0, 0.1) is 0 Å². The highest BCUT2D eigenvalue weighted by Crippen LogP contribution is 2.02. The number of dihydropyridines is 1. The van der Waals surface area contributed by atoms with E-state index in [-0.39, 0.29) is 0 Å². The number of hydrogen-bond donors (Lipinski definition) is 2. The Hall–Kier alpha value is -0.470. The van der Waals surface area contributed by atoms with E-state index in [4.69, 9.17) is 16.7 Å². The summed E-state index contributed by atoms with van der Waals surface area (Å²) in [6.45, 7) is 0. The third-order valence-electron chi connectivity index (χ3n) is 0.822. The molecule has 1 rings (SSSR count). The Morgan fingerprint density at radius 2 is 2.50 bits per heavy atom. The van der Waals surface area contributed by atoms with Crippen LogP contribution in [0.15, 0.2) is 23.4 Å². The van der Waals surface area contributed by atoms with E-state index in [2.05, 4.69) is 5.32 Å². The number of aliphatic hydroxyl groups excluding tert-OH is 1. The number of hydrogen-bond acceptors (Lipinski definition) is 2. The first-order valence-electron chi connectivity index (χ1n) is 2.27. The van der Waals surface area contributed by atoms with Crippen LogP contribution in [0.2, 0.25) is 0 Å². The highest BCUT2D eigenvalue weighted by atomic mass is 35.5. The molecule has 0 fully saturated rings. The number of aliphatic hydroxyl groups is 1. The van der Waals surface area contributed by atoms with Crippen molar-refractivity contribution in [3.8, 4) is 0 Å². The summed E-state index contributed by atoms with van der Waals surface area (Å²) in [5.41, 5.74) is 0. The van der Waals surface area contributed by atoms with Gasteiger partial charge in [-0.1, -0.05) is 17.7 Å². The molecule has 1 aliphatic heterocycles. The number of nitrogens with one attached hydrogen (secondary N) is 1. The fraction of sp³-hybridized carbons (Fsp3) is 0.200. The van der Waals surface area contributed by atoms with Crippen molar-refractivity contribution in [2.24, 2.45) is 0 Å². The van der Waals surface area contributed by atoms with Gasteiger partial charge in [0.25, 0.3) is 0 Å². The zero-order valence-corrected chi connectivity index (χ0v) is 4.89. The fourth-order valence-corrected chi connectivity index (χ4v) is 0.667. The third-order valence-corrected chi connectivity index (χ3v) is 1.06. The maximum Gasteiger partial charge on any atom is 0.144 e. The molecule has 1 unspecified atom stereocenters. The Balaban J connectivity index is 2.59. The van der Waals surface area contributed by atoms with E-state index in [9.17, 15) is 0 Å². The van der Waals surface area contributed by atoms with Crippen molar-refractivity contribution in [2.45, 2.75) is 6.23 Å². The van der Waals surface area contributed by atoms with Crippen LogP contribution in [0.25, 0.3) is 0 Å². The smallest absolute Gasteiger partial charge is 0.144 e. The van der Waals surface area contributed by atoms with E-state index in [1.807, 2.05) is 0 Å². The first-order valence-corrected chi connectivity index (χ1v) is 2.65. The third kappa shape index (κ3) is 1.25. The second-order valence-electron chi connectivity index (χ2n) is 1.49. The summed E-state index contributed by atoms with van der Waals surface area (Å²) in [5.74, 6) is 0. The van der Waals surface area contributed by atoms with Gasteiger partial charge in [-0.2, -0.15) is 0 Å². The lowest BCUT2D eigenvalue weighted by Gasteiger charge is -2.10. The van der Waals surface area contributed by atoms with E-state index in [0.717, 1.165) is 0 Å². The van der Waals surface area contributed by atoms with Crippen molar-refractivity contribution < 1.29 is 5.11 Å². The number of allylic oxidation sites excluding steroid dienone is 2. The largest absolute Gasteiger partial charge is 0.370 e. The summed E-state index contributed by atoms with van der Waals surface area (Å²) in [6, 6.07) is 0. The van der Waals surface area contributed by atoms with Gasteiger partial charge in [-0.05, 0) is 12.2 Å². The van der Waals surface area contributed by atoms with E-state index < -0.39 is 6.23 Å². The molecule has 0 amide bonds. The van der Waals surface area contributed by atoms with Crippen molar-refractivity contribution in [1.82, 2.24) is 5.32 Å². The van der Waals surface area contributed by atoms with Crippen LogP contribution in [0.5, 0.6) is 0 Å². The van der Waals surface area contributed by atoms with Gasteiger partial charge < -0.3 is 10.4 Å². The van der Waals surface area contributed by atoms with Crippen LogP contribution in [0.1, 0.15) is 0 Å². The molecule has 0 radical (unpaired) electrons.